The van der Waals surface area contributed by atoms with E-state index in [1.807, 2.05) is 25.3 Å². The monoisotopic (exact) mass is 387 g/mol. The van der Waals surface area contributed by atoms with Crippen molar-refractivity contribution in [1.82, 2.24) is 10.2 Å². The van der Waals surface area contributed by atoms with Gasteiger partial charge in [0.05, 0.1) is 4.88 Å². The Morgan fingerprint density at radius 2 is 1.74 bits per heavy atom. The minimum atomic E-state index is -0.122. The van der Waals surface area contributed by atoms with Crippen LogP contribution >= 0.6 is 11.3 Å². The molecule has 0 aliphatic rings. The summed E-state index contributed by atoms with van der Waals surface area (Å²) in [5, 5.41) is 7.45. The lowest BCUT2D eigenvalue weighted by molar-refractivity contribution is -0.116. The minimum Gasteiger partial charge on any atom is -0.351 e. The molecule has 27 heavy (non-hydrogen) atoms. The van der Waals surface area contributed by atoms with E-state index < -0.39 is 0 Å². The number of nitrogens with one attached hydrogen (secondary N) is 2. The molecule has 2 rings (SSSR count). The third-order valence-electron chi connectivity index (χ3n) is 4.08. The van der Waals surface area contributed by atoms with Crippen molar-refractivity contribution in [3.8, 4) is 0 Å². The van der Waals surface area contributed by atoms with Gasteiger partial charge in [-0.25, -0.2) is 0 Å². The molecule has 0 spiro atoms. The van der Waals surface area contributed by atoms with Crippen LogP contribution in [0.25, 0.3) is 0 Å². The number of thiophene rings is 1. The number of hydrogen-bond donors (Lipinski definition) is 2. The van der Waals surface area contributed by atoms with Crippen LogP contribution in [0.1, 0.15) is 46.7 Å². The molecule has 6 nitrogen and oxygen atoms in total. The van der Waals surface area contributed by atoms with Gasteiger partial charge >= 0.3 is 0 Å². The Hall–Kier alpha value is -2.67. The quantitative estimate of drug-likeness (QED) is 0.648. The van der Waals surface area contributed by atoms with Crippen LogP contribution in [0.3, 0.4) is 0 Å². The molecule has 0 aliphatic carbocycles. The van der Waals surface area contributed by atoms with E-state index in [9.17, 15) is 14.4 Å². The molecule has 0 bridgehead atoms. The molecule has 0 fully saturated rings. The Kier molecular flexibility index (Phi) is 8.00. The molecule has 0 unspecified atom stereocenters. The molecule has 2 N–H and O–H groups in total. The zero-order valence-electron chi connectivity index (χ0n) is 15.7. The summed E-state index contributed by atoms with van der Waals surface area (Å²) >= 11 is 1.39. The molecule has 0 aliphatic heterocycles. The maximum Gasteiger partial charge on any atom is 0.261 e. The van der Waals surface area contributed by atoms with Crippen LogP contribution in [-0.2, 0) is 4.79 Å². The van der Waals surface area contributed by atoms with Crippen LogP contribution in [0.15, 0.2) is 41.8 Å². The van der Waals surface area contributed by atoms with Crippen LogP contribution in [0.2, 0.25) is 0 Å². The number of carbonyl (C=O) groups excluding carboxylic acids is 3. The summed E-state index contributed by atoms with van der Waals surface area (Å²) in [6, 6.07) is 10.5. The standard InChI is InChI=1S/C20H25N3O3S/c1-3-23(4-2)20(26)15-9-11-16(12-10-15)22-18(24)8-5-13-21-19(25)17-7-6-14-27-17/h6-7,9-12,14H,3-5,8,13H2,1-2H3,(H,21,25)(H,22,24). The number of carbonyl (C=O) groups is 3. The number of benzene rings is 1. The highest BCUT2D eigenvalue weighted by Crippen LogP contribution is 2.12. The number of amides is 3. The fraction of sp³-hybridized carbons (Fsp3) is 0.350. The van der Waals surface area contributed by atoms with Gasteiger partial charge in [0, 0.05) is 37.3 Å². The number of nitrogens with zero attached hydrogens (tertiary/aromatic N) is 1. The normalized spacial score (nSPS) is 10.3. The van der Waals surface area contributed by atoms with E-state index >= 15 is 0 Å². The molecule has 7 heteroatoms. The van der Waals surface area contributed by atoms with E-state index in [1.54, 1.807) is 35.2 Å². The predicted octanol–water partition coefficient (Wildman–Crippen LogP) is 3.38. The third-order valence-corrected chi connectivity index (χ3v) is 4.95. The van der Waals surface area contributed by atoms with Crippen molar-refractivity contribution in [2.45, 2.75) is 26.7 Å². The molecular formula is C20H25N3O3S. The molecule has 0 saturated heterocycles. The van der Waals surface area contributed by atoms with E-state index in [0.717, 1.165) is 0 Å². The fourth-order valence-electron chi connectivity index (χ4n) is 2.56. The van der Waals surface area contributed by atoms with Gasteiger partial charge in [-0.3, -0.25) is 14.4 Å². The predicted molar refractivity (Wildman–Crippen MR) is 108 cm³/mol. The van der Waals surface area contributed by atoms with Crippen LogP contribution in [0, 0.1) is 0 Å². The minimum absolute atomic E-state index is 0.0145. The average molecular weight is 388 g/mol. The number of rotatable bonds is 9. The summed E-state index contributed by atoms with van der Waals surface area (Å²) in [4.78, 5) is 38.5. The van der Waals surface area contributed by atoms with Gasteiger partial charge in [-0.1, -0.05) is 6.07 Å². The van der Waals surface area contributed by atoms with Crippen molar-refractivity contribution in [1.29, 1.82) is 0 Å². The molecule has 1 heterocycles. The maximum atomic E-state index is 12.3. The van der Waals surface area contributed by atoms with Crippen molar-refractivity contribution in [2.24, 2.45) is 0 Å². The highest BCUT2D eigenvalue weighted by Gasteiger charge is 2.12. The van der Waals surface area contributed by atoms with Gasteiger partial charge in [-0.2, -0.15) is 0 Å². The van der Waals surface area contributed by atoms with Gasteiger partial charge in [0.1, 0.15) is 0 Å². The summed E-state index contributed by atoms with van der Waals surface area (Å²) in [5.41, 5.74) is 1.26. The molecule has 2 aromatic rings. The van der Waals surface area contributed by atoms with Crippen LogP contribution in [0.5, 0.6) is 0 Å². The zero-order chi connectivity index (χ0) is 19.6. The number of hydrogen-bond acceptors (Lipinski definition) is 4. The lowest BCUT2D eigenvalue weighted by Crippen LogP contribution is -2.30. The van der Waals surface area contributed by atoms with Gasteiger partial charge in [0.15, 0.2) is 0 Å². The lowest BCUT2D eigenvalue weighted by atomic mass is 10.1. The van der Waals surface area contributed by atoms with Crippen LogP contribution in [0.4, 0.5) is 5.69 Å². The summed E-state index contributed by atoms with van der Waals surface area (Å²) in [7, 11) is 0. The van der Waals surface area contributed by atoms with E-state index in [1.165, 1.54) is 11.3 Å². The fourth-order valence-corrected chi connectivity index (χ4v) is 3.20. The summed E-state index contributed by atoms with van der Waals surface area (Å²) in [6.07, 6.45) is 0.867. The van der Waals surface area contributed by atoms with Crippen molar-refractivity contribution >= 4 is 34.7 Å². The van der Waals surface area contributed by atoms with Crippen molar-refractivity contribution in [2.75, 3.05) is 25.0 Å². The highest BCUT2D eigenvalue weighted by molar-refractivity contribution is 7.12. The lowest BCUT2D eigenvalue weighted by Gasteiger charge is -2.18. The largest absolute Gasteiger partial charge is 0.351 e. The molecule has 1 aromatic heterocycles. The Morgan fingerprint density at radius 3 is 2.33 bits per heavy atom. The van der Waals surface area contributed by atoms with Gasteiger partial charge < -0.3 is 15.5 Å². The molecule has 144 valence electrons. The highest BCUT2D eigenvalue weighted by atomic mass is 32.1. The van der Waals surface area contributed by atoms with Gasteiger partial charge in [-0.05, 0) is 56.0 Å². The van der Waals surface area contributed by atoms with E-state index in [2.05, 4.69) is 10.6 Å². The van der Waals surface area contributed by atoms with E-state index in [0.29, 0.717) is 48.6 Å². The Morgan fingerprint density at radius 1 is 1.04 bits per heavy atom. The zero-order valence-corrected chi connectivity index (χ0v) is 16.5. The summed E-state index contributed by atoms with van der Waals surface area (Å²) < 4.78 is 0. The molecule has 0 saturated carbocycles. The molecule has 1 aromatic carbocycles. The maximum absolute atomic E-state index is 12.3. The smallest absolute Gasteiger partial charge is 0.261 e. The van der Waals surface area contributed by atoms with Crippen molar-refractivity contribution in [3.63, 3.8) is 0 Å². The summed E-state index contributed by atoms with van der Waals surface area (Å²) in [6.45, 7) is 5.66. The Balaban J connectivity index is 1.74. The second kappa shape index (κ2) is 10.5. The average Bonchev–Trinajstić information content (AvgIpc) is 3.21. The SMILES string of the molecule is CCN(CC)C(=O)c1ccc(NC(=O)CCCNC(=O)c2cccs2)cc1. The van der Waals surface area contributed by atoms with Crippen LogP contribution < -0.4 is 10.6 Å². The second-order valence-electron chi connectivity index (χ2n) is 5.94. The topological polar surface area (TPSA) is 78.5 Å². The Bertz CT molecular complexity index is 753. The first-order valence-electron chi connectivity index (χ1n) is 9.06. The molecule has 0 atom stereocenters. The first kappa shape index (κ1) is 20.6. The second-order valence-corrected chi connectivity index (χ2v) is 6.89. The Labute approximate surface area is 163 Å². The van der Waals surface area contributed by atoms with Crippen molar-refractivity contribution in [3.05, 3.63) is 52.2 Å². The van der Waals surface area contributed by atoms with E-state index in [-0.39, 0.29) is 17.7 Å². The number of anilines is 1. The van der Waals surface area contributed by atoms with Gasteiger partial charge in [0.25, 0.3) is 11.8 Å². The first-order chi connectivity index (χ1) is 13.0. The van der Waals surface area contributed by atoms with E-state index in [4.69, 9.17) is 0 Å². The third kappa shape index (κ3) is 6.21. The van der Waals surface area contributed by atoms with Crippen molar-refractivity contribution < 1.29 is 14.4 Å². The summed E-state index contributed by atoms with van der Waals surface area (Å²) in [5.74, 6) is -0.249. The van der Waals surface area contributed by atoms with Gasteiger partial charge in [-0.15, -0.1) is 11.3 Å². The van der Waals surface area contributed by atoms with Gasteiger partial charge in [0.2, 0.25) is 5.91 Å². The molecule has 3 amide bonds. The first-order valence-corrected chi connectivity index (χ1v) is 9.94. The molecule has 0 radical (unpaired) electrons. The molecular weight excluding hydrogens is 362 g/mol. The van der Waals surface area contributed by atoms with Crippen LogP contribution in [-0.4, -0.2) is 42.3 Å².